The Hall–Kier alpha value is -0.570. The van der Waals surface area contributed by atoms with Gasteiger partial charge in [-0.3, -0.25) is 4.79 Å². The van der Waals surface area contributed by atoms with Gasteiger partial charge in [-0.1, -0.05) is 156 Å². The first kappa shape index (κ1) is 36.6. The molecule has 0 atom stereocenters. The van der Waals surface area contributed by atoms with E-state index in [0.29, 0.717) is 12.5 Å². The van der Waals surface area contributed by atoms with Crippen LogP contribution in [0.2, 0.25) is 0 Å². The number of carbonyl (C=O) groups is 1. The Kier molecular flexibility index (Phi) is 32.9. The van der Waals surface area contributed by atoms with E-state index in [-0.39, 0.29) is 5.92 Å². The summed E-state index contributed by atoms with van der Waals surface area (Å²) in [6.07, 6.45) is 29.9. The van der Waals surface area contributed by atoms with Crippen molar-refractivity contribution in [3.05, 3.63) is 0 Å². The highest BCUT2D eigenvalue weighted by Crippen LogP contribution is 2.20. The largest absolute Gasteiger partial charge is 0.481 e. The predicted octanol–water partition coefficient (Wildman–Crippen LogP) is 10.7. The van der Waals surface area contributed by atoms with Crippen LogP contribution in [0.5, 0.6) is 0 Å². The lowest BCUT2D eigenvalue weighted by Gasteiger charge is -2.13. The average molecular weight is 499 g/mol. The van der Waals surface area contributed by atoms with Crippen LogP contribution in [0.3, 0.4) is 0 Å². The van der Waals surface area contributed by atoms with E-state index in [9.17, 15) is 15.0 Å². The van der Waals surface area contributed by atoms with E-state index >= 15 is 0 Å². The number of hydrogen-bond donors (Lipinski definition) is 2. The van der Waals surface area contributed by atoms with Gasteiger partial charge in [-0.05, 0) is 31.6 Å². The van der Waals surface area contributed by atoms with Crippen LogP contribution in [0.15, 0.2) is 0 Å². The van der Waals surface area contributed by atoms with Gasteiger partial charge in [0.2, 0.25) is 0 Å². The maximum Gasteiger partial charge on any atom is 0.306 e. The molecule has 0 unspecified atom stereocenters. The van der Waals surface area contributed by atoms with Crippen LogP contribution in [0.1, 0.15) is 182 Å². The molecule has 0 aromatic rings. The molecule has 0 bridgehead atoms. The fourth-order valence-electron chi connectivity index (χ4n) is 4.78. The molecule has 3 heteroatoms. The summed E-state index contributed by atoms with van der Waals surface area (Å²) in [7, 11) is 0. The zero-order valence-corrected chi connectivity index (χ0v) is 24.6. The molecule has 3 nitrogen and oxygen atoms in total. The molecule has 0 spiro atoms. The molecule has 0 aromatic carbocycles. The first-order valence-corrected chi connectivity index (χ1v) is 15.9. The van der Waals surface area contributed by atoms with E-state index in [1.54, 1.807) is 0 Å². The third-order valence-corrected chi connectivity index (χ3v) is 7.35. The van der Waals surface area contributed by atoms with E-state index in [4.69, 9.17) is 0 Å². The van der Waals surface area contributed by atoms with Crippen molar-refractivity contribution in [1.82, 2.24) is 0 Å². The highest BCUT2D eigenvalue weighted by atomic mass is 16.4. The van der Waals surface area contributed by atoms with Crippen molar-refractivity contribution < 1.29 is 15.0 Å². The van der Waals surface area contributed by atoms with Crippen molar-refractivity contribution in [2.24, 2.45) is 11.8 Å². The average Bonchev–Trinajstić information content (AvgIpc) is 2.86. The van der Waals surface area contributed by atoms with Crippen molar-refractivity contribution >= 4 is 5.97 Å². The van der Waals surface area contributed by atoms with Crippen LogP contribution in [-0.4, -0.2) is 22.8 Å². The minimum absolute atomic E-state index is 0.0896. The number of aliphatic carboxylic acids is 1. The Bertz CT molecular complexity index is 368. The van der Waals surface area contributed by atoms with Crippen LogP contribution in [-0.2, 0) is 4.79 Å². The number of rotatable bonds is 26. The molecule has 0 amide bonds. The van der Waals surface area contributed by atoms with Gasteiger partial charge in [-0.25, -0.2) is 0 Å². The molecule has 212 valence electrons. The second kappa shape index (κ2) is 31.5. The monoisotopic (exact) mass is 499 g/mol. The smallest absolute Gasteiger partial charge is 0.306 e. The summed E-state index contributed by atoms with van der Waals surface area (Å²) in [5.41, 5.74) is 0. The number of aliphatic hydroxyl groups is 1. The Morgan fingerprint density at radius 3 is 1.03 bits per heavy atom. The Morgan fingerprint density at radius 2 is 0.771 bits per heavy atom. The predicted molar refractivity (Wildman–Crippen MR) is 155 cm³/mol. The minimum Gasteiger partial charge on any atom is -0.481 e. The number of unbranched alkanes of at least 4 members (excludes halogenated alkanes) is 16. The molecule has 0 rings (SSSR count). The van der Waals surface area contributed by atoms with Gasteiger partial charge >= 0.3 is 5.97 Å². The Labute approximate surface area is 221 Å². The van der Waals surface area contributed by atoms with Crippen molar-refractivity contribution in [2.45, 2.75) is 182 Å². The Balaban J connectivity index is 0. The fourth-order valence-corrected chi connectivity index (χ4v) is 4.78. The second-order valence-corrected chi connectivity index (χ2v) is 10.9. The molecule has 2 N–H and O–H groups in total. The number of hydrogen-bond acceptors (Lipinski definition) is 2. The summed E-state index contributed by atoms with van der Waals surface area (Å²) in [5.74, 6) is -0.0903. The zero-order valence-electron chi connectivity index (χ0n) is 24.6. The summed E-state index contributed by atoms with van der Waals surface area (Å²) < 4.78 is 0. The molecule has 0 heterocycles. The molecule has 0 aliphatic rings. The second-order valence-electron chi connectivity index (χ2n) is 10.9. The van der Waals surface area contributed by atoms with Crippen molar-refractivity contribution in [3.8, 4) is 0 Å². The zero-order chi connectivity index (χ0) is 26.4. The van der Waals surface area contributed by atoms with Crippen molar-refractivity contribution in [3.63, 3.8) is 0 Å². The van der Waals surface area contributed by atoms with Gasteiger partial charge in [0.25, 0.3) is 0 Å². The molecule has 0 radical (unpaired) electrons. The first-order chi connectivity index (χ1) is 17.1. The molecule has 0 aliphatic carbocycles. The number of carboxylic acids is 1. The molecule has 0 saturated carbocycles. The molecule has 0 aliphatic heterocycles. The van der Waals surface area contributed by atoms with Gasteiger partial charge in [0.05, 0.1) is 5.92 Å². The van der Waals surface area contributed by atoms with E-state index in [2.05, 4.69) is 27.7 Å². The maximum absolute atomic E-state index is 11.1. The summed E-state index contributed by atoms with van der Waals surface area (Å²) in [4.78, 5) is 11.1. The summed E-state index contributed by atoms with van der Waals surface area (Å²) in [6, 6.07) is 0. The topological polar surface area (TPSA) is 57.5 Å². The van der Waals surface area contributed by atoms with Crippen molar-refractivity contribution in [1.29, 1.82) is 0 Å². The fraction of sp³-hybridized carbons (Fsp3) is 0.969. The van der Waals surface area contributed by atoms with E-state index < -0.39 is 5.97 Å². The van der Waals surface area contributed by atoms with Crippen LogP contribution in [0.25, 0.3) is 0 Å². The molecular formula is C32H66O3. The van der Waals surface area contributed by atoms with Crippen LogP contribution in [0.4, 0.5) is 0 Å². The van der Waals surface area contributed by atoms with Gasteiger partial charge in [0.1, 0.15) is 0 Å². The molecule has 0 saturated heterocycles. The number of carboxylic acid groups (broad SMARTS) is 1. The van der Waals surface area contributed by atoms with Gasteiger partial charge in [-0.15, -0.1) is 0 Å². The molecular weight excluding hydrogens is 432 g/mol. The molecule has 0 fully saturated rings. The van der Waals surface area contributed by atoms with E-state index in [1.807, 2.05) is 0 Å². The normalized spacial score (nSPS) is 11.2. The van der Waals surface area contributed by atoms with Gasteiger partial charge < -0.3 is 10.2 Å². The highest BCUT2D eigenvalue weighted by Gasteiger charge is 2.16. The van der Waals surface area contributed by atoms with Crippen LogP contribution in [0, 0.1) is 11.8 Å². The van der Waals surface area contributed by atoms with E-state index in [0.717, 1.165) is 25.7 Å². The molecule has 35 heavy (non-hydrogen) atoms. The van der Waals surface area contributed by atoms with Crippen molar-refractivity contribution in [2.75, 3.05) is 6.61 Å². The van der Waals surface area contributed by atoms with Gasteiger partial charge in [0, 0.05) is 6.61 Å². The summed E-state index contributed by atoms with van der Waals surface area (Å²) >= 11 is 0. The van der Waals surface area contributed by atoms with Gasteiger partial charge in [0.15, 0.2) is 0 Å². The lowest BCUT2D eigenvalue weighted by molar-refractivity contribution is -0.142. The van der Waals surface area contributed by atoms with Crippen LogP contribution < -0.4 is 0 Å². The maximum atomic E-state index is 11.1. The molecule has 0 aromatic heterocycles. The quantitative estimate of drug-likeness (QED) is 0.117. The lowest BCUT2D eigenvalue weighted by atomic mass is 9.94. The third kappa shape index (κ3) is 29.5. The number of aliphatic hydroxyl groups excluding tert-OH is 1. The lowest BCUT2D eigenvalue weighted by Crippen LogP contribution is -2.13. The highest BCUT2D eigenvalue weighted by molar-refractivity contribution is 5.69. The van der Waals surface area contributed by atoms with Crippen LogP contribution >= 0.6 is 0 Å². The standard InChI is InChI=1S/C16H32O2.C16H34O/c1-3-5-7-9-11-13-15(16(17)18)14-12-10-8-6-4-2;1-3-5-7-9-11-13-16(15-17)14-12-10-8-6-4-2/h15H,3-14H2,1-2H3,(H,17,18);16-17H,3-15H2,1-2H3. The minimum atomic E-state index is -0.582. The first-order valence-electron chi connectivity index (χ1n) is 15.9. The summed E-state index contributed by atoms with van der Waals surface area (Å²) in [6.45, 7) is 9.33. The Morgan fingerprint density at radius 1 is 0.486 bits per heavy atom. The third-order valence-electron chi connectivity index (χ3n) is 7.35. The van der Waals surface area contributed by atoms with E-state index in [1.165, 1.54) is 128 Å². The summed E-state index contributed by atoms with van der Waals surface area (Å²) in [5, 5.41) is 18.5. The SMILES string of the molecule is CCCCCCCC(CCCCCCC)C(=O)O.CCCCCCCC(CO)CCCCCCC. The van der Waals surface area contributed by atoms with Gasteiger partial charge in [-0.2, -0.15) is 0 Å².